The van der Waals surface area contributed by atoms with Crippen LogP contribution in [0.25, 0.3) is 21.5 Å². The van der Waals surface area contributed by atoms with E-state index in [0.29, 0.717) is 16.4 Å². The largest absolute Gasteiger partial charge is 0.382 e. The highest BCUT2D eigenvalue weighted by Crippen LogP contribution is 2.35. The summed E-state index contributed by atoms with van der Waals surface area (Å²) in [6, 6.07) is 8.06. The van der Waals surface area contributed by atoms with Crippen molar-refractivity contribution in [1.82, 2.24) is 25.3 Å². The van der Waals surface area contributed by atoms with Crippen molar-refractivity contribution >= 4 is 45.3 Å². The number of benzene rings is 1. The molecule has 0 aliphatic heterocycles. The van der Waals surface area contributed by atoms with Crippen LogP contribution < -0.4 is 16.0 Å². The molecule has 0 bridgehead atoms. The van der Waals surface area contributed by atoms with Gasteiger partial charge in [-0.15, -0.1) is 11.3 Å². The lowest BCUT2D eigenvalue weighted by molar-refractivity contribution is 0.0966. The second-order valence-corrected chi connectivity index (χ2v) is 8.35. The first-order chi connectivity index (χ1) is 14.9. The van der Waals surface area contributed by atoms with Crippen LogP contribution >= 0.6 is 11.3 Å². The lowest BCUT2D eigenvalue weighted by atomic mass is 10.2. The van der Waals surface area contributed by atoms with E-state index in [2.05, 4.69) is 49.7 Å². The number of pyridine rings is 1. The van der Waals surface area contributed by atoms with E-state index >= 15 is 0 Å². The maximum atomic E-state index is 12.1. The number of hydrogen-bond acceptors (Lipinski definition) is 8. The van der Waals surface area contributed by atoms with Crippen LogP contribution in [0.3, 0.4) is 0 Å². The van der Waals surface area contributed by atoms with Crippen molar-refractivity contribution in [3.63, 3.8) is 0 Å². The summed E-state index contributed by atoms with van der Waals surface area (Å²) in [5.74, 6) is 0.564. The molecule has 0 unspecified atom stereocenters. The van der Waals surface area contributed by atoms with E-state index in [1.165, 1.54) is 17.7 Å². The molecule has 1 aromatic carbocycles. The van der Waals surface area contributed by atoms with Crippen molar-refractivity contribution in [2.45, 2.75) is 26.8 Å². The lowest BCUT2D eigenvalue weighted by Gasteiger charge is -2.15. The van der Waals surface area contributed by atoms with E-state index in [1.54, 1.807) is 19.4 Å². The minimum Gasteiger partial charge on any atom is -0.382 e. The minimum absolute atomic E-state index is 0.133. The molecule has 0 saturated heterocycles. The fourth-order valence-electron chi connectivity index (χ4n) is 3.17. The fourth-order valence-corrected chi connectivity index (χ4v) is 4.21. The van der Waals surface area contributed by atoms with E-state index in [1.807, 2.05) is 31.2 Å². The van der Waals surface area contributed by atoms with Crippen LogP contribution in [0.15, 0.2) is 43.0 Å². The van der Waals surface area contributed by atoms with Gasteiger partial charge < -0.3 is 16.0 Å². The van der Waals surface area contributed by atoms with Crippen LogP contribution in [-0.2, 0) is 0 Å². The molecule has 0 atom stereocenters. The molecule has 3 aromatic heterocycles. The maximum Gasteiger partial charge on any atom is 0.263 e. The molecular formula is C22H23N7OS. The lowest BCUT2D eigenvalue weighted by Crippen LogP contribution is -2.17. The molecule has 0 radical (unpaired) electrons. The molecule has 3 heterocycles. The van der Waals surface area contributed by atoms with Gasteiger partial charge in [0.2, 0.25) is 0 Å². The summed E-state index contributed by atoms with van der Waals surface area (Å²) >= 11 is 1.36. The molecule has 4 rings (SSSR count). The highest BCUT2D eigenvalue weighted by molar-refractivity contribution is 7.17. The smallest absolute Gasteiger partial charge is 0.263 e. The van der Waals surface area contributed by atoms with Gasteiger partial charge in [-0.25, -0.2) is 19.9 Å². The van der Waals surface area contributed by atoms with Gasteiger partial charge in [-0.2, -0.15) is 0 Å². The third kappa shape index (κ3) is 4.46. The van der Waals surface area contributed by atoms with Gasteiger partial charge in [-0.1, -0.05) is 0 Å². The van der Waals surface area contributed by atoms with E-state index in [9.17, 15) is 4.79 Å². The molecule has 0 saturated carbocycles. The average molecular weight is 434 g/mol. The van der Waals surface area contributed by atoms with Gasteiger partial charge in [0, 0.05) is 48.3 Å². The third-order valence-electron chi connectivity index (χ3n) is 4.59. The SMILES string of the molecule is CNC(=O)c1sc(-c2cnc(Nc3ccc4ncncc4c3)cc2NC(C)C)nc1C. The number of aromatic nitrogens is 4. The topological polar surface area (TPSA) is 105 Å². The summed E-state index contributed by atoms with van der Waals surface area (Å²) in [4.78, 5) is 30.2. The predicted octanol–water partition coefficient (Wildman–Crippen LogP) is 4.38. The number of anilines is 3. The standard InChI is InChI=1S/C22H23N7OS/c1-12(2)27-18-8-19(29-15-5-6-17-14(7-15)9-24-11-26-17)25-10-16(18)22-28-13(3)20(31-22)21(30)23-4/h5-12H,1-4H3,(H,23,30)(H2,25,27,29). The molecule has 1 amide bonds. The Morgan fingerprint density at radius 3 is 2.74 bits per heavy atom. The quantitative estimate of drug-likeness (QED) is 0.414. The number of amides is 1. The predicted molar refractivity (Wildman–Crippen MR) is 125 cm³/mol. The second-order valence-electron chi connectivity index (χ2n) is 7.35. The van der Waals surface area contributed by atoms with E-state index < -0.39 is 0 Å². The minimum atomic E-state index is -0.133. The molecule has 4 aromatic rings. The molecule has 8 nitrogen and oxygen atoms in total. The Balaban J connectivity index is 1.69. The van der Waals surface area contributed by atoms with Gasteiger partial charge in [0.15, 0.2) is 0 Å². The van der Waals surface area contributed by atoms with Gasteiger partial charge in [0.1, 0.15) is 22.0 Å². The molecule has 9 heteroatoms. The number of carbonyl (C=O) groups excluding carboxylic acids is 1. The van der Waals surface area contributed by atoms with Crippen molar-refractivity contribution in [1.29, 1.82) is 0 Å². The molecule has 31 heavy (non-hydrogen) atoms. The molecule has 0 aliphatic rings. The molecular weight excluding hydrogens is 410 g/mol. The van der Waals surface area contributed by atoms with Crippen LogP contribution in [0.2, 0.25) is 0 Å². The number of thiazole rings is 1. The van der Waals surface area contributed by atoms with Crippen LogP contribution in [-0.4, -0.2) is 38.9 Å². The summed E-state index contributed by atoms with van der Waals surface area (Å²) in [5, 5.41) is 11.2. The molecule has 158 valence electrons. The van der Waals surface area contributed by atoms with E-state index in [4.69, 9.17) is 0 Å². The summed E-state index contributed by atoms with van der Waals surface area (Å²) in [6.07, 6.45) is 5.10. The number of aryl methyl sites for hydroxylation is 1. The number of fused-ring (bicyclic) bond motifs is 1. The van der Waals surface area contributed by atoms with Crippen molar-refractivity contribution in [3.05, 3.63) is 53.6 Å². The number of rotatable bonds is 6. The van der Waals surface area contributed by atoms with Gasteiger partial charge >= 0.3 is 0 Å². The number of nitrogens with zero attached hydrogens (tertiary/aromatic N) is 4. The Kier molecular flexibility index (Phi) is 5.77. The zero-order valence-electron chi connectivity index (χ0n) is 17.7. The normalized spacial score (nSPS) is 11.0. The number of nitrogens with one attached hydrogen (secondary N) is 3. The summed E-state index contributed by atoms with van der Waals surface area (Å²) in [7, 11) is 1.62. The summed E-state index contributed by atoms with van der Waals surface area (Å²) in [5.41, 5.74) is 4.24. The highest BCUT2D eigenvalue weighted by atomic mass is 32.1. The van der Waals surface area contributed by atoms with Crippen molar-refractivity contribution in [2.24, 2.45) is 0 Å². The van der Waals surface area contributed by atoms with E-state index in [0.717, 1.165) is 32.8 Å². The Morgan fingerprint density at radius 1 is 1.13 bits per heavy atom. The van der Waals surface area contributed by atoms with Crippen LogP contribution in [0.4, 0.5) is 17.2 Å². The van der Waals surface area contributed by atoms with Crippen LogP contribution in [0, 0.1) is 6.92 Å². The second kappa shape index (κ2) is 8.65. The first kappa shape index (κ1) is 20.7. The zero-order chi connectivity index (χ0) is 22.0. The van der Waals surface area contributed by atoms with Crippen molar-refractivity contribution < 1.29 is 4.79 Å². The first-order valence-electron chi connectivity index (χ1n) is 9.88. The van der Waals surface area contributed by atoms with Crippen LogP contribution in [0.5, 0.6) is 0 Å². The summed E-state index contributed by atoms with van der Waals surface area (Å²) < 4.78 is 0. The maximum absolute atomic E-state index is 12.1. The molecule has 0 spiro atoms. The van der Waals surface area contributed by atoms with Crippen LogP contribution in [0.1, 0.15) is 29.2 Å². The van der Waals surface area contributed by atoms with E-state index in [-0.39, 0.29) is 11.9 Å². The highest BCUT2D eigenvalue weighted by Gasteiger charge is 2.18. The molecule has 0 aliphatic carbocycles. The zero-order valence-corrected chi connectivity index (χ0v) is 18.5. The average Bonchev–Trinajstić information content (AvgIpc) is 3.14. The monoisotopic (exact) mass is 433 g/mol. The van der Waals surface area contributed by atoms with Gasteiger partial charge in [0.25, 0.3) is 5.91 Å². The van der Waals surface area contributed by atoms with Gasteiger partial charge in [-0.05, 0) is 39.0 Å². The van der Waals surface area contributed by atoms with Crippen molar-refractivity contribution in [2.75, 3.05) is 17.7 Å². The Bertz CT molecular complexity index is 1250. The first-order valence-corrected chi connectivity index (χ1v) is 10.7. The van der Waals surface area contributed by atoms with Gasteiger partial charge in [0.05, 0.1) is 16.8 Å². The van der Waals surface area contributed by atoms with Gasteiger partial charge in [-0.3, -0.25) is 4.79 Å². The Labute approximate surface area is 184 Å². The Hall–Kier alpha value is -3.59. The number of carbonyl (C=O) groups is 1. The van der Waals surface area contributed by atoms with Crippen molar-refractivity contribution in [3.8, 4) is 10.6 Å². The molecule has 3 N–H and O–H groups in total. The Morgan fingerprint density at radius 2 is 1.97 bits per heavy atom. The fraction of sp³-hybridized carbons (Fsp3) is 0.227. The third-order valence-corrected chi connectivity index (χ3v) is 5.77. The molecule has 0 fully saturated rings. The summed E-state index contributed by atoms with van der Waals surface area (Å²) in [6.45, 7) is 5.99. The number of hydrogen-bond donors (Lipinski definition) is 3.